The third-order valence-electron chi connectivity index (χ3n) is 2.39. The van der Waals surface area contributed by atoms with Gasteiger partial charge < -0.3 is 10.1 Å². The van der Waals surface area contributed by atoms with Crippen LogP contribution in [-0.2, 0) is 4.84 Å². The molecule has 0 aliphatic carbocycles. The molecule has 1 aromatic rings. The van der Waals surface area contributed by atoms with Crippen LogP contribution in [0.2, 0.25) is 0 Å². The average Bonchev–Trinajstić information content (AvgIpc) is 2.38. The third kappa shape index (κ3) is 6.98. The van der Waals surface area contributed by atoms with Crippen molar-refractivity contribution in [1.82, 2.24) is 5.48 Å². The second-order valence-corrected chi connectivity index (χ2v) is 4.95. The summed E-state index contributed by atoms with van der Waals surface area (Å²) >= 11 is 5.05. The summed E-state index contributed by atoms with van der Waals surface area (Å²) in [5.74, 6) is 1.53. The number of benzene rings is 1. The fraction of sp³-hybridized carbons (Fsp3) is 0.500. The number of hydroxylamine groups is 1. The Labute approximate surface area is 120 Å². The van der Waals surface area contributed by atoms with Gasteiger partial charge in [0.1, 0.15) is 5.75 Å². The van der Waals surface area contributed by atoms with Crippen molar-refractivity contribution in [3.05, 3.63) is 24.3 Å². The highest BCUT2D eigenvalue weighted by Gasteiger charge is 1.99. The first-order valence-electron chi connectivity index (χ1n) is 6.53. The van der Waals surface area contributed by atoms with Crippen molar-refractivity contribution in [2.24, 2.45) is 5.92 Å². The number of nitrogens with one attached hydrogen (secondary N) is 2. The summed E-state index contributed by atoms with van der Waals surface area (Å²) in [6, 6.07) is 7.69. The SMILES string of the molecule is CCONC(=S)Nc1ccc(OCCC(C)C)cc1. The Bertz CT molecular complexity index is 380. The molecule has 0 atom stereocenters. The summed E-state index contributed by atoms with van der Waals surface area (Å²) < 4.78 is 5.64. The predicted octanol–water partition coefficient (Wildman–Crippen LogP) is 3.35. The van der Waals surface area contributed by atoms with Gasteiger partial charge in [0, 0.05) is 5.69 Å². The molecule has 0 aliphatic heterocycles. The van der Waals surface area contributed by atoms with E-state index in [1.807, 2.05) is 31.2 Å². The van der Waals surface area contributed by atoms with E-state index in [1.54, 1.807) is 0 Å². The van der Waals surface area contributed by atoms with Crippen molar-refractivity contribution in [2.75, 3.05) is 18.5 Å². The maximum atomic E-state index is 5.64. The topological polar surface area (TPSA) is 42.5 Å². The van der Waals surface area contributed by atoms with Crippen molar-refractivity contribution in [3.63, 3.8) is 0 Å². The Morgan fingerprint density at radius 2 is 1.95 bits per heavy atom. The summed E-state index contributed by atoms with van der Waals surface area (Å²) in [4.78, 5) is 4.99. The van der Waals surface area contributed by atoms with Gasteiger partial charge in [0.2, 0.25) is 0 Å². The highest BCUT2D eigenvalue weighted by Crippen LogP contribution is 2.16. The highest BCUT2D eigenvalue weighted by atomic mass is 32.1. The number of hydrogen-bond donors (Lipinski definition) is 2. The van der Waals surface area contributed by atoms with Gasteiger partial charge in [0.15, 0.2) is 5.11 Å². The van der Waals surface area contributed by atoms with Gasteiger partial charge in [-0.05, 0) is 55.7 Å². The van der Waals surface area contributed by atoms with Gasteiger partial charge in [-0.3, -0.25) is 4.84 Å². The molecule has 19 heavy (non-hydrogen) atoms. The van der Waals surface area contributed by atoms with Crippen molar-refractivity contribution in [3.8, 4) is 5.75 Å². The molecular formula is C14H22N2O2S. The van der Waals surface area contributed by atoms with Crippen LogP contribution in [0, 0.1) is 5.92 Å². The second-order valence-electron chi connectivity index (χ2n) is 4.54. The zero-order valence-corrected chi connectivity index (χ0v) is 12.5. The van der Waals surface area contributed by atoms with Crippen molar-refractivity contribution in [2.45, 2.75) is 27.2 Å². The fourth-order valence-electron chi connectivity index (χ4n) is 1.34. The Morgan fingerprint density at radius 1 is 1.26 bits per heavy atom. The molecule has 0 radical (unpaired) electrons. The molecule has 0 unspecified atom stereocenters. The third-order valence-corrected chi connectivity index (χ3v) is 2.57. The molecule has 0 spiro atoms. The van der Waals surface area contributed by atoms with Crippen LogP contribution in [0.3, 0.4) is 0 Å². The summed E-state index contributed by atoms with van der Waals surface area (Å²) in [6.45, 7) is 7.56. The van der Waals surface area contributed by atoms with E-state index in [-0.39, 0.29) is 0 Å². The van der Waals surface area contributed by atoms with Gasteiger partial charge in [-0.15, -0.1) is 0 Å². The van der Waals surface area contributed by atoms with Crippen molar-refractivity contribution in [1.29, 1.82) is 0 Å². The van der Waals surface area contributed by atoms with Gasteiger partial charge in [0.25, 0.3) is 0 Å². The van der Waals surface area contributed by atoms with E-state index in [2.05, 4.69) is 24.6 Å². The summed E-state index contributed by atoms with van der Waals surface area (Å²) in [5.41, 5.74) is 3.53. The quantitative estimate of drug-likeness (QED) is 0.593. The van der Waals surface area contributed by atoms with Crippen LogP contribution < -0.4 is 15.5 Å². The number of rotatable bonds is 7. The number of anilines is 1. The molecule has 0 saturated carbocycles. The fourth-order valence-corrected chi connectivity index (χ4v) is 1.52. The Kier molecular flexibility index (Phi) is 7.22. The minimum Gasteiger partial charge on any atom is -0.494 e. The highest BCUT2D eigenvalue weighted by molar-refractivity contribution is 7.80. The van der Waals surface area contributed by atoms with Gasteiger partial charge in [-0.1, -0.05) is 13.8 Å². The molecule has 1 aromatic carbocycles. The number of thiocarbonyl (C=S) groups is 1. The monoisotopic (exact) mass is 282 g/mol. The van der Waals surface area contributed by atoms with E-state index in [9.17, 15) is 0 Å². The normalized spacial score (nSPS) is 10.3. The first-order chi connectivity index (χ1) is 9.11. The molecule has 2 N–H and O–H groups in total. The standard InChI is InChI=1S/C14H22N2O2S/c1-4-18-16-14(19)15-12-5-7-13(8-6-12)17-10-9-11(2)3/h5-8,11H,4,9-10H2,1-3H3,(H2,15,16,19). The molecule has 0 amide bonds. The largest absolute Gasteiger partial charge is 0.494 e. The number of hydrogen-bond acceptors (Lipinski definition) is 3. The molecule has 0 heterocycles. The zero-order valence-electron chi connectivity index (χ0n) is 11.7. The Morgan fingerprint density at radius 3 is 2.53 bits per heavy atom. The van der Waals surface area contributed by atoms with E-state index >= 15 is 0 Å². The van der Waals surface area contributed by atoms with Crippen LogP contribution in [0.4, 0.5) is 5.69 Å². The number of ether oxygens (including phenoxy) is 1. The molecule has 0 bridgehead atoms. The molecule has 0 saturated heterocycles. The minimum atomic E-state index is 0.440. The van der Waals surface area contributed by atoms with Gasteiger partial charge in [0.05, 0.1) is 13.2 Å². The van der Waals surface area contributed by atoms with Crippen molar-refractivity contribution < 1.29 is 9.57 Å². The molecule has 1 rings (SSSR count). The summed E-state index contributed by atoms with van der Waals surface area (Å²) in [5, 5.41) is 3.46. The first-order valence-corrected chi connectivity index (χ1v) is 6.94. The van der Waals surface area contributed by atoms with Crippen LogP contribution in [0.5, 0.6) is 5.75 Å². The lowest BCUT2D eigenvalue weighted by Crippen LogP contribution is -2.28. The maximum absolute atomic E-state index is 5.64. The molecule has 106 valence electrons. The lowest BCUT2D eigenvalue weighted by molar-refractivity contribution is 0.0986. The van der Waals surface area contributed by atoms with E-state index in [4.69, 9.17) is 21.8 Å². The zero-order chi connectivity index (χ0) is 14.1. The first kappa shape index (κ1) is 15.7. The van der Waals surface area contributed by atoms with Gasteiger partial charge in [-0.2, -0.15) is 0 Å². The average molecular weight is 282 g/mol. The molecule has 0 fully saturated rings. The van der Waals surface area contributed by atoms with E-state index in [1.165, 1.54) is 0 Å². The second kappa shape index (κ2) is 8.72. The van der Waals surface area contributed by atoms with Gasteiger partial charge in [-0.25, -0.2) is 5.48 Å². The summed E-state index contributed by atoms with van der Waals surface area (Å²) in [6.07, 6.45) is 1.06. The van der Waals surface area contributed by atoms with Crippen LogP contribution >= 0.6 is 12.2 Å². The maximum Gasteiger partial charge on any atom is 0.195 e. The Hall–Kier alpha value is -1.33. The van der Waals surface area contributed by atoms with Gasteiger partial charge >= 0.3 is 0 Å². The molecule has 0 aromatic heterocycles. The molecule has 0 aliphatic rings. The van der Waals surface area contributed by atoms with Crippen LogP contribution in [0.25, 0.3) is 0 Å². The summed E-state index contributed by atoms with van der Waals surface area (Å²) in [7, 11) is 0. The van der Waals surface area contributed by atoms with Crippen LogP contribution in [0.1, 0.15) is 27.2 Å². The molecule has 4 nitrogen and oxygen atoms in total. The van der Waals surface area contributed by atoms with E-state index in [0.717, 1.165) is 24.5 Å². The van der Waals surface area contributed by atoms with E-state index in [0.29, 0.717) is 17.6 Å². The minimum absolute atomic E-state index is 0.440. The molecular weight excluding hydrogens is 260 g/mol. The molecule has 5 heteroatoms. The lowest BCUT2D eigenvalue weighted by Gasteiger charge is -2.11. The van der Waals surface area contributed by atoms with Crippen LogP contribution in [-0.4, -0.2) is 18.3 Å². The smallest absolute Gasteiger partial charge is 0.195 e. The Balaban J connectivity index is 2.36. The van der Waals surface area contributed by atoms with E-state index < -0.39 is 0 Å². The lowest BCUT2D eigenvalue weighted by atomic mass is 10.1. The van der Waals surface area contributed by atoms with Crippen LogP contribution in [0.15, 0.2) is 24.3 Å². The predicted molar refractivity (Wildman–Crippen MR) is 82.4 cm³/mol. The van der Waals surface area contributed by atoms with Crippen molar-refractivity contribution >= 4 is 23.0 Å².